The van der Waals surface area contributed by atoms with E-state index in [1.807, 2.05) is 48.7 Å². The Morgan fingerprint density at radius 1 is 1.06 bits per heavy atom. The highest BCUT2D eigenvalue weighted by molar-refractivity contribution is 7.88. The number of nitrogens with zero attached hydrogens (tertiary/aromatic N) is 2. The van der Waals surface area contributed by atoms with Crippen LogP contribution in [0.3, 0.4) is 0 Å². The van der Waals surface area contributed by atoms with Gasteiger partial charge in [0, 0.05) is 41.8 Å². The Labute approximate surface area is 190 Å². The minimum Gasteiger partial charge on any atom is -0.496 e. The van der Waals surface area contributed by atoms with Crippen LogP contribution in [0.2, 0.25) is 0 Å². The number of sulfonamides is 1. The summed E-state index contributed by atoms with van der Waals surface area (Å²) in [4.78, 5) is 18.3. The monoisotopic (exact) mass is 457 g/mol. The van der Waals surface area contributed by atoms with Crippen molar-refractivity contribution in [1.82, 2.24) is 14.2 Å². The molecule has 0 saturated carbocycles. The van der Waals surface area contributed by atoms with E-state index in [-0.39, 0.29) is 18.5 Å². The van der Waals surface area contributed by atoms with E-state index >= 15 is 0 Å². The first kappa shape index (κ1) is 23.8. The quantitative estimate of drug-likeness (QED) is 0.506. The number of aromatic nitrogens is 1. The second-order valence-electron chi connectivity index (χ2n) is 8.14. The van der Waals surface area contributed by atoms with Crippen LogP contribution >= 0.6 is 0 Å². The molecule has 0 bridgehead atoms. The van der Waals surface area contributed by atoms with E-state index in [9.17, 15) is 13.2 Å². The first-order valence-corrected chi connectivity index (χ1v) is 12.5. The number of amides is 1. The van der Waals surface area contributed by atoms with Crippen molar-refractivity contribution in [2.24, 2.45) is 0 Å². The fraction of sp³-hybridized carbons (Fsp3) is 0.375. The Kier molecular flexibility index (Phi) is 7.58. The summed E-state index contributed by atoms with van der Waals surface area (Å²) in [7, 11) is -1.91. The first-order chi connectivity index (χ1) is 15.2. The lowest BCUT2D eigenvalue weighted by Crippen LogP contribution is -2.45. The zero-order chi connectivity index (χ0) is 23.3. The van der Waals surface area contributed by atoms with Crippen LogP contribution < -0.4 is 4.74 Å². The van der Waals surface area contributed by atoms with E-state index in [2.05, 4.69) is 11.1 Å². The maximum absolute atomic E-state index is 13.3. The minimum atomic E-state index is -3.51. The highest BCUT2D eigenvalue weighted by atomic mass is 32.2. The van der Waals surface area contributed by atoms with E-state index < -0.39 is 10.0 Å². The number of aromatic amines is 1. The molecule has 1 amide bonds. The topological polar surface area (TPSA) is 82.7 Å². The summed E-state index contributed by atoms with van der Waals surface area (Å²) in [5.74, 6) is 0.455. The van der Waals surface area contributed by atoms with Gasteiger partial charge in [-0.3, -0.25) is 4.79 Å². The van der Waals surface area contributed by atoms with Gasteiger partial charge in [-0.1, -0.05) is 36.4 Å². The second kappa shape index (κ2) is 10.2. The maximum Gasteiger partial charge on any atom is 0.238 e. The molecule has 0 atom stereocenters. The van der Waals surface area contributed by atoms with Crippen LogP contribution in [0.4, 0.5) is 0 Å². The Morgan fingerprint density at radius 2 is 1.75 bits per heavy atom. The Bertz CT molecular complexity index is 1170. The Hall–Kier alpha value is -2.84. The van der Waals surface area contributed by atoms with Gasteiger partial charge >= 0.3 is 0 Å². The highest BCUT2D eigenvalue weighted by Gasteiger charge is 2.26. The molecule has 0 aliphatic heterocycles. The van der Waals surface area contributed by atoms with E-state index in [4.69, 9.17) is 4.74 Å². The molecule has 1 heterocycles. The van der Waals surface area contributed by atoms with Crippen LogP contribution in [-0.4, -0.2) is 61.0 Å². The molecule has 8 heteroatoms. The average molecular weight is 458 g/mol. The smallest absolute Gasteiger partial charge is 0.238 e. The van der Waals surface area contributed by atoms with Gasteiger partial charge in [0.25, 0.3) is 0 Å². The van der Waals surface area contributed by atoms with Crippen molar-refractivity contribution in [1.29, 1.82) is 0 Å². The first-order valence-electron chi connectivity index (χ1n) is 10.6. The molecule has 1 aromatic heterocycles. The van der Waals surface area contributed by atoms with Gasteiger partial charge in [0.2, 0.25) is 15.9 Å². The highest BCUT2D eigenvalue weighted by Crippen LogP contribution is 2.22. The number of methoxy groups -OCH3 is 1. The number of rotatable bonds is 10. The lowest BCUT2D eigenvalue weighted by atomic mass is 10.1. The maximum atomic E-state index is 13.3. The van der Waals surface area contributed by atoms with E-state index in [1.54, 1.807) is 25.9 Å². The van der Waals surface area contributed by atoms with Crippen LogP contribution in [0.1, 0.15) is 25.0 Å². The molecule has 0 unspecified atom stereocenters. The average Bonchev–Trinajstić information content (AvgIpc) is 3.17. The number of fused-ring (bicyclic) bond motifs is 1. The largest absolute Gasteiger partial charge is 0.496 e. The zero-order valence-corrected chi connectivity index (χ0v) is 19.9. The van der Waals surface area contributed by atoms with Gasteiger partial charge in [-0.2, -0.15) is 4.31 Å². The van der Waals surface area contributed by atoms with Crippen LogP contribution in [0.25, 0.3) is 10.9 Å². The van der Waals surface area contributed by atoms with Crippen molar-refractivity contribution < 1.29 is 17.9 Å². The lowest BCUT2D eigenvalue weighted by molar-refractivity contribution is -0.132. The number of para-hydroxylation sites is 2. The van der Waals surface area contributed by atoms with Gasteiger partial charge in [0.05, 0.1) is 19.9 Å². The van der Waals surface area contributed by atoms with Crippen LogP contribution in [0, 0.1) is 0 Å². The van der Waals surface area contributed by atoms with E-state index in [1.165, 1.54) is 4.31 Å². The third-order valence-corrected chi connectivity index (χ3v) is 6.93. The van der Waals surface area contributed by atoms with Crippen LogP contribution in [-0.2, 0) is 27.8 Å². The van der Waals surface area contributed by atoms with Crippen molar-refractivity contribution in [3.63, 3.8) is 0 Å². The van der Waals surface area contributed by atoms with Crippen molar-refractivity contribution in [2.45, 2.75) is 32.9 Å². The molecular formula is C24H31N3O4S. The summed E-state index contributed by atoms with van der Waals surface area (Å²) >= 11 is 0. The van der Waals surface area contributed by atoms with Gasteiger partial charge in [-0.25, -0.2) is 8.42 Å². The number of hydrogen-bond donors (Lipinski definition) is 1. The number of ether oxygens (including phenoxy) is 1. The van der Waals surface area contributed by atoms with Gasteiger partial charge in [0.1, 0.15) is 5.75 Å². The van der Waals surface area contributed by atoms with Crippen LogP contribution in [0.15, 0.2) is 54.7 Å². The molecule has 0 saturated heterocycles. The third kappa shape index (κ3) is 5.69. The van der Waals surface area contributed by atoms with Crippen molar-refractivity contribution in [3.05, 3.63) is 65.9 Å². The molecule has 7 nitrogen and oxygen atoms in total. The molecule has 3 rings (SSSR count). The van der Waals surface area contributed by atoms with E-state index in [0.717, 1.165) is 28.3 Å². The number of nitrogens with one attached hydrogen (secondary N) is 1. The molecular weight excluding hydrogens is 426 g/mol. The number of benzene rings is 2. The molecule has 32 heavy (non-hydrogen) atoms. The number of carbonyl (C=O) groups excluding carboxylic acids is 1. The molecule has 2 aromatic carbocycles. The number of carbonyl (C=O) groups is 1. The predicted octanol–water partition coefficient (Wildman–Crippen LogP) is 3.42. The summed E-state index contributed by atoms with van der Waals surface area (Å²) in [5, 5.41) is 1.12. The van der Waals surface area contributed by atoms with E-state index in [0.29, 0.717) is 25.3 Å². The SMILES string of the molecule is COc1ccccc1CN(CCc1c[nH]c2ccccc12)C(=O)CN(C(C)C)S(C)(=O)=O. The predicted molar refractivity (Wildman–Crippen MR) is 127 cm³/mol. The molecule has 1 N–H and O–H groups in total. The summed E-state index contributed by atoms with van der Waals surface area (Å²) in [6.45, 7) is 4.13. The molecule has 0 spiro atoms. The zero-order valence-electron chi connectivity index (χ0n) is 19.0. The summed E-state index contributed by atoms with van der Waals surface area (Å²) in [6, 6.07) is 15.3. The number of H-pyrrole nitrogens is 1. The van der Waals surface area contributed by atoms with Gasteiger partial charge in [-0.05, 0) is 38.0 Å². The third-order valence-electron chi connectivity index (χ3n) is 5.53. The number of hydrogen-bond acceptors (Lipinski definition) is 4. The fourth-order valence-electron chi connectivity index (χ4n) is 3.84. The molecule has 0 aliphatic rings. The lowest BCUT2D eigenvalue weighted by Gasteiger charge is -2.29. The minimum absolute atomic E-state index is 0.195. The normalized spacial score (nSPS) is 11.9. The molecule has 0 aliphatic carbocycles. The Morgan fingerprint density at radius 3 is 2.44 bits per heavy atom. The van der Waals surface area contributed by atoms with Crippen molar-refractivity contribution in [2.75, 3.05) is 26.5 Å². The molecule has 0 fully saturated rings. The molecule has 3 aromatic rings. The summed E-state index contributed by atoms with van der Waals surface area (Å²) in [6.07, 6.45) is 3.75. The van der Waals surface area contributed by atoms with Crippen molar-refractivity contribution in [3.8, 4) is 5.75 Å². The molecule has 172 valence electrons. The van der Waals surface area contributed by atoms with Gasteiger partial charge in [-0.15, -0.1) is 0 Å². The molecule has 0 radical (unpaired) electrons. The van der Waals surface area contributed by atoms with Gasteiger partial charge < -0.3 is 14.6 Å². The Balaban J connectivity index is 1.85. The fourth-order valence-corrected chi connectivity index (χ4v) is 4.95. The second-order valence-corrected chi connectivity index (χ2v) is 10.1. The summed E-state index contributed by atoms with van der Waals surface area (Å²) < 4.78 is 31.1. The summed E-state index contributed by atoms with van der Waals surface area (Å²) in [5.41, 5.74) is 3.04. The van der Waals surface area contributed by atoms with Crippen molar-refractivity contribution >= 4 is 26.8 Å². The van der Waals surface area contributed by atoms with Gasteiger partial charge in [0.15, 0.2) is 0 Å². The standard InChI is InChI=1S/C24H31N3O4S/c1-18(2)27(32(4,29)30)17-24(28)26(16-20-9-5-8-12-23(20)31-3)14-13-19-15-25-22-11-7-6-10-21(19)22/h5-12,15,18,25H,13-14,16-17H2,1-4H3. The van der Waals surface area contributed by atoms with Crippen LogP contribution in [0.5, 0.6) is 5.75 Å².